The van der Waals surface area contributed by atoms with Crippen molar-refractivity contribution >= 4 is 68.7 Å². The lowest BCUT2D eigenvalue weighted by Crippen LogP contribution is -2.19. The number of hydrogen-bond donors (Lipinski definition) is 1. The quantitative estimate of drug-likeness (QED) is 0.325. The molecule has 0 atom stereocenters. The predicted octanol–water partition coefficient (Wildman–Crippen LogP) is 6.89. The molecule has 0 spiro atoms. The van der Waals surface area contributed by atoms with Gasteiger partial charge in [0.2, 0.25) is 0 Å². The highest BCUT2D eigenvalue weighted by Gasteiger charge is 2.24. The summed E-state index contributed by atoms with van der Waals surface area (Å²) in [5.41, 5.74) is 3.98. The van der Waals surface area contributed by atoms with Crippen molar-refractivity contribution in [2.75, 3.05) is 0 Å². The summed E-state index contributed by atoms with van der Waals surface area (Å²) >= 11 is 13.3. The Morgan fingerprint density at radius 2 is 1.62 bits per heavy atom. The summed E-state index contributed by atoms with van der Waals surface area (Å²) in [5.74, 6) is -0.155. The molecule has 1 fully saturated rings. The molecule has 0 bridgehead atoms. The molecule has 1 amide bonds. The van der Waals surface area contributed by atoms with Crippen LogP contribution >= 0.6 is 35.0 Å². The van der Waals surface area contributed by atoms with Gasteiger partial charge in [0.05, 0.1) is 10.6 Å². The van der Waals surface area contributed by atoms with Gasteiger partial charge in [-0.05, 0) is 65.9 Å². The molecule has 5 rings (SSSR count). The number of carbonyl (C=O) groups is 1. The summed E-state index contributed by atoms with van der Waals surface area (Å²) in [6, 6.07) is 23.2. The number of nitrogens with one attached hydrogen (secondary N) is 1. The van der Waals surface area contributed by atoms with E-state index in [0.717, 1.165) is 32.7 Å². The zero-order valence-corrected chi connectivity index (χ0v) is 19.1. The lowest BCUT2D eigenvalue weighted by Gasteiger charge is -2.05. The van der Waals surface area contributed by atoms with Gasteiger partial charge in [-0.15, -0.1) is 0 Å². The van der Waals surface area contributed by atoms with Crippen molar-refractivity contribution in [3.63, 3.8) is 0 Å². The van der Waals surface area contributed by atoms with E-state index >= 15 is 0 Å². The molecule has 1 aliphatic rings. The molecule has 1 aliphatic heterocycles. The highest BCUT2D eigenvalue weighted by molar-refractivity contribution is 8.18. The van der Waals surface area contributed by atoms with Gasteiger partial charge in [0.15, 0.2) is 5.17 Å². The van der Waals surface area contributed by atoms with Crippen LogP contribution in [-0.2, 0) is 11.3 Å². The number of aromatic nitrogens is 1. The second-order valence-corrected chi connectivity index (χ2v) is 9.22. The third kappa shape index (κ3) is 4.46. The van der Waals surface area contributed by atoms with Gasteiger partial charge < -0.3 is 9.88 Å². The van der Waals surface area contributed by atoms with E-state index in [4.69, 9.17) is 23.2 Å². The molecule has 32 heavy (non-hydrogen) atoms. The maximum Gasteiger partial charge on any atom is 0.264 e. The number of amidine groups is 1. The van der Waals surface area contributed by atoms with Crippen LogP contribution in [0.3, 0.4) is 0 Å². The third-order valence-corrected chi connectivity index (χ3v) is 6.49. The van der Waals surface area contributed by atoms with E-state index in [9.17, 15) is 4.79 Å². The molecule has 2 heterocycles. The minimum atomic E-state index is -0.155. The van der Waals surface area contributed by atoms with Gasteiger partial charge in [0, 0.05) is 39.3 Å². The van der Waals surface area contributed by atoms with E-state index < -0.39 is 0 Å². The van der Waals surface area contributed by atoms with Crippen LogP contribution in [0.15, 0.2) is 88.9 Å². The van der Waals surface area contributed by atoms with Crippen molar-refractivity contribution in [2.24, 2.45) is 4.99 Å². The van der Waals surface area contributed by atoms with Gasteiger partial charge in [-0.25, -0.2) is 4.99 Å². The number of benzene rings is 3. The van der Waals surface area contributed by atoms with Crippen molar-refractivity contribution in [1.29, 1.82) is 0 Å². The molecule has 4 nitrogen and oxygen atoms in total. The average molecular weight is 478 g/mol. The monoisotopic (exact) mass is 477 g/mol. The van der Waals surface area contributed by atoms with Crippen LogP contribution in [0.1, 0.15) is 11.1 Å². The normalized spacial score (nSPS) is 16.2. The van der Waals surface area contributed by atoms with Gasteiger partial charge in [0.25, 0.3) is 5.91 Å². The first kappa shape index (κ1) is 20.9. The molecular formula is C25H17Cl2N3OS. The fourth-order valence-corrected chi connectivity index (χ4v) is 4.65. The Hall–Kier alpha value is -2.99. The van der Waals surface area contributed by atoms with Gasteiger partial charge in [0.1, 0.15) is 0 Å². The third-order valence-electron chi connectivity index (χ3n) is 5.08. The van der Waals surface area contributed by atoms with Gasteiger partial charge in [-0.3, -0.25) is 4.79 Å². The summed E-state index contributed by atoms with van der Waals surface area (Å²) in [6.07, 6.45) is 4.00. The van der Waals surface area contributed by atoms with Gasteiger partial charge in [-0.2, -0.15) is 0 Å². The Morgan fingerprint density at radius 1 is 0.938 bits per heavy atom. The Bertz CT molecular complexity index is 1370. The predicted molar refractivity (Wildman–Crippen MR) is 135 cm³/mol. The van der Waals surface area contributed by atoms with Crippen molar-refractivity contribution in [3.8, 4) is 0 Å². The molecule has 0 unspecified atom stereocenters. The van der Waals surface area contributed by atoms with Crippen molar-refractivity contribution in [2.45, 2.75) is 6.54 Å². The van der Waals surface area contributed by atoms with Crippen LogP contribution in [0.5, 0.6) is 0 Å². The van der Waals surface area contributed by atoms with Crippen LogP contribution in [0.2, 0.25) is 10.0 Å². The Morgan fingerprint density at radius 3 is 2.38 bits per heavy atom. The minimum Gasteiger partial charge on any atom is -0.342 e. The first-order chi connectivity index (χ1) is 15.5. The summed E-state index contributed by atoms with van der Waals surface area (Å²) < 4.78 is 2.19. The average Bonchev–Trinajstić information content (AvgIpc) is 3.31. The molecule has 3 aromatic carbocycles. The zero-order valence-electron chi connectivity index (χ0n) is 16.8. The number of amides is 1. The topological polar surface area (TPSA) is 46.4 Å². The molecule has 0 radical (unpaired) electrons. The molecule has 158 valence electrons. The highest BCUT2D eigenvalue weighted by atomic mass is 35.5. The minimum absolute atomic E-state index is 0.155. The smallest absolute Gasteiger partial charge is 0.264 e. The second kappa shape index (κ2) is 8.87. The van der Waals surface area contributed by atoms with E-state index in [2.05, 4.69) is 33.2 Å². The summed E-state index contributed by atoms with van der Waals surface area (Å²) in [4.78, 5) is 17.7. The lowest BCUT2D eigenvalue weighted by molar-refractivity contribution is -0.115. The molecule has 1 saturated heterocycles. The number of nitrogens with zero attached hydrogens (tertiary/aromatic N) is 2. The van der Waals surface area contributed by atoms with Crippen molar-refractivity contribution in [1.82, 2.24) is 9.88 Å². The Labute approximate surface area is 199 Å². The molecule has 0 saturated carbocycles. The number of aliphatic imine (C=N–C) groups is 1. The number of rotatable bonds is 4. The maximum atomic E-state index is 12.6. The van der Waals surface area contributed by atoms with Crippen LogP contribution in [0, 0.1) is 0 Å². The van der Waals surface area contributed by atoms with Crippen LogP contribution in [0.25, 0.3) is 17.0 Å². The fraction of sp³-hybridized carbons (Fsp3) is 0.0400. The molecular weight excluding hydrogens is 461 g/mol. The highest BCUT2D eigenvalue weighted by Crippen LogP contribution is 2.31. The summed E-state index contributed by atoms with van der Waals surface area (Å²) in [5, 5.41) is 5.84. The van der Waals surface area contributed by atoms with E-state index in [0.29, 0.717) is 21.6 Å². The zero-order chi connectivity index (χ0) is 22.1. The number of fused-ring (bicyclic) bond motifs is 1. The van der Waals surface area contributed by atoms with E-state index in [1.807, 2.05) is 54.6 Å². The second-order valence-electron chi connectivity index (χ2n) is 7.31. The number of hydrogen-bond acceptors (Lipinski definition) is 3. The van der Waals surface area contributed by atoms with Crippen molar-refractivity contribution in [3.05, 3.63) is 105 Å². The van der Waals surface area contributed by atoms with Crippen LogP contribution in [0.4, 0.5) is 5.69 Å². The van der Waals surface area contributed by atoms with Gasteiger partial charge >= 0.3 is 0 Å². The molecule has 1 aromatic heterocycles. The fourth-order valence-electron chi connectivity index (χ4n) is 3.56. The Kier molecular flexibility index (Phi) is 5.79. The number of para-hydroxylation sites is 1. The molecule has 0 aliphatic carbocycles. The number of thioether (sulfide) groups is 1. The lowest BCUT2D eigenvalue weighted by atomic mass is 10.1. The first-order valence-corrected chi connectivity index (χ1v) is 11.5. The van der Waals surface area contributed by atoms with E-state index in [1.165, 1.54) is 11.8 Å². The standard InChI is InChI=1S/C25H17Cl2N3OS/c26-18-7-5-16(6-8-18)14-30-15-17(21-3-1-2-4-22(21)30)13-23-24(31)29-25(32-23)28-20-11-9-19(27)10-12-20/h1-13,15H,14H2,(H,28,29,31)/b23-13-. The first-order valence-electron chi connectivity index (χ1n) is 9.93. The number of carbonyl (C=O) groups excluding carboxylic acids is 1. The Balaban J connectivity index is 1.46. The van der Waals surface area contributed by atoms with E-state index in [1.54, 1.807) is 12.1 Å². The molecule has 4 aromatic rings. The number of halogens is 2. The summed E-state index contributed by atoms with van der Waals surface area (Å²) in [7, 11) is 0. The largest absolute Gasteiger partial charge is 0.342 e. The molecule has 7 heteroatoms. The van der Waals surface area contributed by atoms with E-state index in [-0.39, 0.29) is 5.91 Å². The van der Waals surface area contributed by atoms with Crippen molar-refractivity contribution < 1.29 is 4.79 Å². The maximum absolute atomic E-state index is 12.6. The van der Waals surface area contributed by atoms with Crippen LogP contribution in [-0.4, -0.2) is 15.6 Å². The summed E-state index contributed by atoms with van der Waals surface area (Å²) in [6.45, 7) is 0.712. The molecule has 1 N–H and O–H groups in total. The van der Waals surface area contributed by atoms with Crippen LogP contribution < -0.4 is 5.32 Å². The van der Waals surface area contributed by atoms with Gasteiger partial charge in [-0.1, -0.05) is 53.5 Å². The SMILES string of the molecule is O=C1NC(=Nc2ccc(Cl)cc2)S/C1=C\c1cn(Cc2ccc(Cl)cc2)c2ccccc12.